The number of rotatable bonds is 6. The van der Waals surface area contributed by atoms with Crippen molar-refractivity contribution in [2.24, 2.45) is 16.6 Å². The van der Waals surface area contributed by atoms with Gasteiger partial charge in [0.25, 0.3) is 0 Å². The SMILES string of the molecule is COCCN=C(NN)NC(C)CC(N)=O. The van der Waals surface area contributed by atoms with E-state index in [0.717, 1.165) is 0 Å². The van der Waals surface area contributed by atoms with E-state index < -0.39 is 0 Å². The molecular weight excluding hydrogens is 198 g/mol. The molecule has 1 atom stereocenters. The number of primary amides is 1. The van der Waals surface area contributed by atoms with Crippen molar-refractivity contribution in [3.63, 3.8) is 0 Å². The molecule has 1 unspecified atom stereocenters. The molecule has 0 fully saturated rings. The van der Waals surface area contributed by atoms with Crippen molar-refractivity contribution in [1.29, 1.82) is 0 Å². The van der Waals surface area contributed by atoms with Crippen molar-refractivity contribution >= 4 is 11.9 Å². The van der Waals surface area contributed by atoms with E-state index >= 15 is 0 Å². The number of carbonyl (C=O) groups is 1. The van der Waals surface area contributed by atoms with Crippen LogP contribution in [0.25, 0.3) is 0 Å². The number of guanidine groups is 1. The van der Waals surface area contributed by atoms with Crippen LogP contribution >= 0.6 is 0 Å². The Kier molecular flexibility index (Phi) is 7.29. The lowest BCUT2D eigenvalue weighted by molar-refractivity contribution is -0.118. The summed E-state index contributed by atoms with van der Waals surface area (Å²) in [4.78, 5) is 14.7. The maximum atomic E-state index is 10.6. The van der Waals surface area contributed by atoms with Crippen molar-refractivity contribution in [1.82, 2.24) is 10.7 Å². The summed E-state index contributed by atoms with van der Waals surface area (Å²) >= 11 is 0. The summed E-state index contributed by atoms with van der Waals surface area (Å²) in [7, 11) is 1.59. The second-order valence-electron chi connectivity index (χ2n) is 3.08. The summed E-state index contributed by atoms with van der Waals surface area (Å²) in [5.74, 6) is 5.28. The molecule has 88 valence electrons. The van der Waals surface area contributed by atoms with Crippen molar-refractivity contribution in [3.8, 4) is 0 Å². The Labute approximate surface area is 89.2 Å². The van der Waals surface area contributed by atoms with Gasteiger partial charge in [0.2, 0.25) is 11.9 Å². The molecule has 0 heterocycles. The molecule has 0 aliphatic carbocycles. The summed E-state index contributed by atoms with van der Waals surface area (Å²) in [6.45, 7) is 2.82. The summed E-state index contributed by atoms with van der Waals surface area (Å²) in [6.07, 6.45) is 0.227. The molecule has 0 aromatic rings. The first kappa shape index (κ1) is 13.7. The van der Waals surface area contributed by atoms with Gasteiger partial charge in [0.1, 0.15) is 0 Å². The number of aliphatic imine (C=N–C) groups is 1. The average Bonchev–Trinajstić information content (AvgIpc) is 2.15. The first-order valence-electron chi connectivity index (χ1n) is 4.65. The molecule has 7 nitrogen and oxygen atoms in total. The molecule has 0 saturated carbocycles. The van der Waals surface area contributed by atoms with Crippen LogP contribution in [-0.2, 0) is 9.53 Å². The zero-order valence-corrected chi connectivity index (χ0v) is 9.12. The van der Waals surface area contributed by atoms with Gasteiger partial charge in [-0.25, -0.2) is 10.8 Å². The van der Waals surface area contributed by atoms with Gasteiger partial charge in [-0.2, -0.15) is 0 Å². The largest absolute Gasteiger partial charge is 0.383 e. The van der Waals surface area contributed by atoms with Gasteiger partial charge < -0.3 is 15.8 Å². The van der Waals surface area contributed by atoms with Crippen LogP contribution in [0.15, 0.2) is 4.99 Å². The van der Waals surface area contributed by atoms with Gasteiger partial charge in [-0.1, -0.05) is 0 Å². The van der Waals surface area contributed by atoms with E-state index in [1.807, 2.05) is 6.92 Å². The van der Waals surface area contributed by atoms with Crippen molar-refractivity contribution in [2.45, 2.75) is 19.4 Å². The van der Waals surface area contributed by atoms with Gasteiger partial charge in [0.05, 0.1) is 13.2 Å². The highest BCUT2D eigenvalue weighted by Crippen LogP contribution is 1.88. The van der Waals surface area contributed by atoms with Crippen LogP contribution < -0.4 is 22.3 Å². The third-order valence-electron chi connectivity index (χ3n) is 1.59. The third kappa shape index (κ3) is 7.71. The van der Waals surface area contributed by atoms with Crippen LogP contribution in [0.2, 0.25) is 0 Å². The van der Waals surface area contributed by atoms with Gasteiger partial charge in [-0.3, -0.25) is 10.2 Å². The van der Waals surface area contributed by atoms with Crippen LogP contribution in [0.3, 0.4) is 0 Å². The highest BCUT2D eigenvalue weighted by atomic mass is 16.5. The molecule has 0 aromatic carbocycles. The van der Waals surface area contributed by atoms with Crippen molar-refractivity contribution in [3.05, 3.63) is 0 Å². The number of nitrogens with two attached hydrogens (primary N) is 2. The maximum Gasteiger partial charge on any atom is 0.219 e. The Bertz CT molecular complexity index is 219. The van der Waals surface area contributed by atoms with Crippen molar-refractivity contribution < 1.29 is 9.53 Å². The number of ether oxygens (including phenoxy) is 1. The van der Waals surface area contributed by atoms with Crippen LogP contribution in [0, 0.1) is 0 Å². The van der Waals surface area contributed by atoms with Gasteiger partial charge >= 0.3 is 0 Å². The lowest BCUT2D eigenvalue weighted by Gasteiger charge is -2.14. The van der Waals surface area contributed by atoms with Gasteiger partial charge in [-0.15, -0.1) is 0 Å². The Morgan fingerprint density at radius 3 is 2.73 bits per heavy atom. The first-order chi connectivity index (χ1) is 7.10. The number of carbonyl (C=O) groups excluding carboxylic acids is 1. The fourth-order valence-corrected chi connectivity index (χ4v) is 0.968. The molecule has 15 heavy (non-hydrogen) atoms. The summed E-state index contributed by atoms with van der Waals surface area (Å²) in [6, 6.07) is -0.111. The lowest BCUT2D eigenvalue weighted by atomic mass is 10.2. The van der Waals surface area contributed by atoms with Crippen LogP contribution in [-0.4, -0.2) is 38.2 Å². The smallest absolute Gasteiger partial charge is 0.219 e. The lowest BCUT2D eigenvalue weighted by Crippen LogP contribution is -2.46. The second kappa shape index (κ2) is 8.01. The minimum Gasteiger partial charge on any atom is -0.383 e. The van der Waals surface area contributed by atoms with Gasteiger partial charge in [0.15, 0.2) is 0 Å². The zero-order valence-electron chi connectivity index (χ0n) is 9.12. The van der Waals surface area contributed by atoms with Crippen LogP contribution in [0.4, 0.5) is 0 Å². The molecule has 7 heteroatoms. The number of amides is 1. The molecule has 0 aliphatic rings. The monoisotopic (exact) mass is 217 g/mol. The summed E-state index contributed by atoms with van der Waals surface area (Å²) in [5.41, 5.74) is 7.44. The van der Waals surface area contributed by atoms with Crippen molar-refractivity contribution in [2.75, 3.05) is 20.3 Å². The minimum absolute atomic E-state index is 0.111. The summed E-state index contributed by atoms with van der Waals surface area (Å²) in [5, 5.41) is 2.91. The highest BCUT2D eigenvalue weighted by Gasteiger charge is 2.07. The summed E-state index contributed by atoms with van der Waals surface area (Å²) < 4.78 is 4.83. The van der Waals surface area contributed by atoms with Crippen LogP contribution in [0.1, 0.15) is 13.3 Å². The predicted octanol–water partition coefficient (Wildman–Crippen LogP) is -1.69. The maximum absolute atomic E-state index is 10.6. The van der Waals surface area contributed by atoms with E-state index in [1.54, 1.807) is 7.11 Å². The molecule has 0 radical (unpaired) electrons. The molecule has 6 N–H and O–H groups in total. The van der Waals surface area contributed by atoms with E-state index in [4.69, 9.17) is 16.3 Å². The quantitative estimate of drug-likeness (QED) is 0.139. The van der Waals surface area contributed by atoms with E-state index in [0.29, 0.717) is 19.1 Å². The average molecular weight is 217 g/mol. The minimum atomic E-state index is -0.372. The van der Waals surface area contributed by atoms with Gasteiger partial charge in [0, 0.05) is 19.6 Å². The number of nitrogens with zero attached hydrogens (tertiary/aromatic N) is 1. The molecule has 0 aliphatic heterocycles. The molecule has 0 aromatic heterocycles. The number of hydrogen-bond donors (Lipinski definition) is 4. The predicted molar refractivity (Wildman–Crippen MR) is 57.9 cm³/mol. The second-order valence-corrected chi connectivity index (χ2v) is 3.08. The zero-order chi connectivity index (χ0) is 11.7. The number of hydrogen-bond acceptors (Lipinski definition) is 4. The Morgan fingerprint density at radius 1 is 1.60 bits per heavy atom. The first-order valence-corrected chi connectivity index (χ1v) is 4.65. The van der Waals surface area contributed by atoms with Crippen LogP contribution in [0.5, 0.6) is 0 Å². The molecule has 1 amide bonds. The highest BCUT2D eigenvalue weighted by molar-refractivity contribution is 5.80. The topological polar surface area (TPSA) is 115 Å². The fourth-order valence-electron chi connectivity index (χ4n) is 0.968. The number of hydrazine groups is 1. The Balaban J connectivity index is 3.96. The van der Waals surface area contributed by atoms with E-state index in [9.17, 15) is 4.79 Å². The van der Waals surface area contributed by atoms with Gasteiger partial charge in [-0.05, 0) is 6.92 Å². The molecule has 0 bridgehead atoms. The standard InChI is InChI=1S/C8H19N5O2/c1-6(5-7(9)14)12-8(13-10)11-3-4-15-2/h6H,3-5,10H2,1-2H3,(H2,9,14)(H2,11,12,13). The van der Waals surface area contributed by atoms with E-state index in [2.05, 4.69) is 15.7 Å². The fraction of sp³-hybridized carbons (Fsp3) is 0.750. The molecule has 0 saturated heterocycles. The molecular formula is C8H19N5O2. The Hall–Kier alpha value is -1.34. The number of nitrogens with one attached hydrogen (secondary N) is 2. The van der Waals surface area contributed by atoms with E-state index in [1.165, 1.54) is 0 Å². The third-order valence-corrected chi connectivity index (χ3v) is 1.59. The van der Waals surface area contributed by atoms with E-state index in [-0.39, 0.29) is 18.4 Å². The number of methoxy groups -OCH3 is 1. The molecule has 0 rings (SSSR count). The Morgan fingerprint density at radius 2 is 2.27 bits per heavy atom. The normalized spacial score (nSPS) is 13.4. The molecule has 0 spiro atoms.